The number of rotatable bonds is 1. The normalized spacial score (nSPS) is 10.8. The molecule has 1 heterocycles. The van der Waals surface area contributed by atoms with E-state index in [1.54, 1.807) is 12.1 Å². The molecule has 0 amide bonds. The van der Waals surface area contributed by atoms with Gasteiger partial charge in [-0.1, -0.05) is 36.4 Å². The SMILES string of the molecule is Fc1cc2ccc(-c3ccccc3)nc2cc1F. The molecule has 0 saturated heterocycles. The predicted molar refractivity (Wildman–Crippen MR) is 67.1 cm³/mol. The van der Waals surface area contributed by atoms with Gasteiger partial charge >= 0.3 is 0 Å². The summed E-state index contributed by atoms with van der Waals surface area (Å²) in [5.74, 6) is -1.73. The first-order valence-electron chi connectivity index (χ1n) is 5.55. The van der Waals surface area contributed by atoms with Gasteiger partial charge in [-0.15, -0.1) is 0 Å². The molecule has 0 aliphatic carbocycles. The molecule has 2 aromatic carbocycles. The standard InChI is InChI=1S/C15H9F2N/c16-12-8-11-6-7-14(10-4-2-1-3-5-10)18-15(11)9-13(12)17/h1-9H. The first-order valence-corrected chi connectivity index (χ1v) is 5.55. The van der Waals surface area contributed by atoms with Crippen LogP contribution in [0.25, 0.3) is 22.2 Å². The Morgan fingerprint density at radius 1 is 0.778 bits per heavy atom. The van der Waals surface area contributed by atoms with Gasteiger partial charge in [-0.05, 0) is 12.1 Å². The maximum atomic E-state index is 13.2. The third-order valence-corrected chi connectivity index (χ3v) is 2.80. The Kier molecular flexibility index (Phi) is 2.52. The van der Waals surface area contributed by atoms with Crippen LogP contribution in [-0.4, -0.2) is 4.98 Å². The zero-order valence-corrected chi connectivity index (χ0v) is 9.40. The van der Waals surface area contributed by atoms with Gasteiger partial charge in [0, 0.05) is 17.0 Å². The zero-order chi connectivity index (χ0) is 12.5. The van der Waals surface area contributed by atoms with Crippen LogP contribution in [0.5, 0.6) is 0 Å². The molecule has 0 aliphatic heterocycles. The third-order valence-electron chi connectivity index (χ3n) is 2.80. The molecule has 88 valence electrons. The van der Waals surface area contributed by atoms with Gasteiger partial charge in [0.05, 0.1) is 11.2 Å². The lowest BCUT2D eigenvalue weighted by Gasteiger charge is -2.03. The molecule has 0 N–H and O–H groups in total. The topological polar surface area (TPSA) is 12.9 Å². The summed E-state index contributed by atoms with van der Waals surface area (Å²) in [4.78, 5) is 4.34. The molecular weight excluding hydrogens is 232 g/mol. The van der Waals surface area contributed by atoms with Crippen molar-refractivity contribution in [2.75, 3.05) is 0 Å². The van der Waals surface area contributed by atoms with Gasteiger partial charge in [-0.3, -0.25) is 0 Å². The lowest BCUT2D eigenvalue weighted by Crippen LogP contribution is -1.89. The van der Waals surface area contributed by atoms with Gasteiger partial charge in [0.25, 0.3) is 0 Å². The molecule has 0 radical (unpaired) electrons. The van der Waals surface area contributed by atoms with Crippen molar-refractivity contribution in [1.82, 2.24) is 4.98 Å². The number of fused-ring (bicyclic) bond motifs is 1. The summed E-state index contributed by atoms with van der Waals surface area (Å²) in [7, 11) is 0. The molecule has 3 heteroatoms. The summed E-state index contributed by atoms with van der Waals surface area (Å²) < 4.78 is 26.2. The van der Waals surface area contributed by atoms with Crippen molar-refractivity contribution < 1.29 is 8.78 Å². The number of halogens is 2. The van der Waals surface area contributed by atoms with Gasteiger partial charge in [-0.25, -0.2) is 13.8 Å². The average Bonchev–Trinajstić information content (AvgIpc) is 2.41. The second kappa shape index (κ2) is 4.18. The zero-order valence-electron chi connectivity index (χ0n) is 9.40. The molecule has 0 saturated carbocycles. The number of nitrogens with zero attached hydrogens (tertiary/aromatic N) is 1. The smallest absolute Gasteiger partial charge is 0.161 e. The molecule has 0 aliphatic rings. The maximum Gasteiger partial charge on any atom is 0.161 e. The Morgan fingerprint density at radius 3 is 2.28 bits per heavy atom. The fourth-order valence-corrected chi connectivity index (χ4v) is 1.89. The Morgan fingerprint density at radius 2 is 1.50 bits per heavy atom. The van der Waals surface area contributed by atoms with E-state index in [-0.39, 0.29) is 0 Å². The van der Waals surface area contributed by atoms with E-state index in [0.717, 1.165) is 23.4 Å². The van der Waals surface area contributed by atoms with E-state index in [1.165, 1.54) is 0 Å². The highest BCUT2D eigenvalue weighted by Crippen LogP contribution is 2.22. The first-order chi connectivity index (χ1) is 8.74. The minimum Gasteiger partial charge on any atom is -0.248 e. The van der Waals surface area contributed by atoms with Crippen LogP contribution < -0.4 is 0 Å². The summed E-state index contributed by atoms with van der Waals surface area (Å²) in [5, 5.41) is 0.591. The summed E-state index contributed by atoms with van der Waals surface area (Å²) in [6.45, 7) is 0. The average molecular weight is 241 g/mol. The highest BCUT2D eigenvalue weighted by Gasteiger charge is 2.06. The van der Waals surface area contributed by atoms with E-state index in [1.807, 2.05) is 30.3 Å². The van der Waals surface area contributed by atoms with Crippen molar-refractivity contribution in [2.24, 2.45) is 0 Å². The maximum absolute atomic E-state index is 13.2. The fourth-order valence-electron chi connectivity index (χ4n) is 1.89. The lowest BCUT2D eigenvalue weighted by atomic mass is 10.1. The van der Waals surface area contributed by atoms with Crippen LogP contribution in [0.4, 0.5) is 8.78 Å². The fraction of sp³-hybridized carbons (Fsp3) is 0. The quantitative estimate of drug-likeness (QED) is 0.622. The Labute approximate surface area is 103 Å². The molecule has 3 aromatic rings. The Balaban J connectivity index is 2.20. The van der Waals surface area contributed by atoms with Crippen LogP contribution >= 0.6 is 0 Å². The van der Waals surface area contributed by atoms with Crippen LogP contribution in [0.3, 0.4) is 0 Å². The highest BCUT2D eigenvalue weighted by molar-refractivity contribution is 5.81. The second-order valence-electron chi connectivity index (χ2n) is 4.02. The number of hydrogen-bond donors (Lipinski definition) is 0. The van der Waals surface area contributed by atoms with Crippen molar-refractivity contribution in [1.29, 1.82) is 0 Å². The van der Waals surface area contributed by atoms with Crippen LogP contribution in [0.2, 0.25) is 0 Å². The van der Waals surface area contributed by atoms with Gasteiger partial charge < -0.3 is 0 Å². The molecule has 0 unspecified atom stereocenters. The molecule has 0 atom stereocenters. The van der Waals surface area contributed by atoms with Crippen molar-refractivity contribution in [2.45, 2.75) is 0 Å². The number of benzene rings is 2. The third kappa shape index (κ3) is 1.84. The lowest BCUT2D eigenvalue weighted by molar-refractivity contribution is 0.510. The molecule has 0 bridgehead atoms. The number of aromatic nitrogens is 1. The second-order valence-corrected chi connectivity index (χ2v) is 4.02. The molecule has 0 spiro atoms. The van der Waals surface area contributed by atoms with E-state index < -0.39 is 11.6 Å². The van der Waals surface area contributed by atoms with E-state index >= 15 is 0 Å². The molecular formula is C15H9F2N. The minimum atomic E-state index is -0.875. The van der Waals surface area contributed by atoms with Crippen LogP contribution in [0.1, 0.15) is 0 Å². The Hall–Kier alpha value is -2.29. The van der Waals surface area contributed by atoms with Crippen molar-refractivity contribution >= 4 is 10.9 Å². The minimum absolute atomic E-state index is 0.454. The summed E-state index contributed by atoms with van der Waals surface area (Å²) >= 11 is 0. The summed E-state index contributed by atoms with van der Waals surface area (Å²) in [6, 6.07) is 15.4. The number of pyridine rings is 1. The number of hydrogen-bond acceptors (Lipinski definition) is 1. The van der Waals surface area contributed by atoms with Gasteiger partial charge in [0.2, 0.25) is 0 Å². The molecule has 3 rings (SSSR count). The van der Waals surface area contributed by atoms with Crippen molar-refractivity contribution in [3.05, 3.63) is 66.2 Å². The van der Waals surface area contributed by atoms with Gasteiger partial charge in [0.1, 0.15) is 0 Å². The summed E-state index contributed by atoms with van der Waals surface area (Å²) in [5.41, 5.74) is 2.15. The molecule has 0 fully saturated rings. The van der Waals surface area contributed by atoms with E-state index in [0.29, 0.717) is 10.9 Å². The first kappa shape index (κ1) is 10.8. The summed E-state index contributed by atoms with van der Waals surface area (Å²) in [6.07, 6.45) is 0. The van der Waals surface area contributed by atoms with E-state index in [9.17, 15) is 8.78 Å². The van der Waals surface area contributed by atoms with Crippen molar-refractivity contribution in [3.8, 4) is 11.3 Å². The van der Waals surface area contributed by atoms with Crippen LogP contribution in [0, 0.1) is 11.6 Å². The van der Waals surface area contributed by atoms with Crippen LogP contribution in [-0.2, 0) is 0 Å². The predicted octanol–water partition coefficient (Wildman–Crippen LogP) is 4.18. The van der Waals surface area contributed by atoms with Gasteiger partial charge in [0.15, 0.2) is 11.6 Å². The highest BCUT2D eigenvalue weighted by atomic mass is 19.2. The van der Waals surface area contributed by atoms with E-state index in [2.05, 4.69) is 4.98 Å². The Bertz CT molecular complexity index is 708. The van der Waals surface area contributed by atoms with E-state index in [4.69, 9.17) is 0 Å². The largest absolute Gasteiger partial charge is 0.248 e. The molecule has 18 heavy (non-hydrogen) atoms. The van der Waals surface area contributed by atoms with Gasteiger partial charge in [-0.2, -0.15) is 0 Å². The van der Waals surface area contributed by atoms with Crippen molar-refractivity contribution in [3.63, 3.8) is 0 Å². The monoisotopic (exact) mass is 241 g/mol. The molecule has 1 aromatic heterocycles. The van der Waals surface area contributed by atoms with Crippen LogP contribution in [0.15, 0.2) is 54.6 Å². The molecule has 1 nitrogen and oxygen atoms in total.